The highest BCUT2D eigenvalue weighted by Crippen LogP contribution is 2.38. The van der Waals surface area contributed by atoms with Crippen LogP contribution in [0.3, 0.4) is 0 Å². The molecule has 36 heavy (non-hydrogen) atoms. The first-order valence-electron chi connectivity index (χ1n) is 11.2. The predicted molar refractivity (Wildman–Crippen MR) is 133 cm³/mol. The molecule has 0 bridgehead atoms. The fourth-order valence-electron chi connectivity index (χ4n) is 4.26. The van der Waals surface area contributed by atoms with Gasteiger partial charge >= 0.3 is 6.18 Å². The van der Waals surface area contributed by atoms with E-state index in [2.05, 4.69) is 5.10 Å². The van der Waals surface area contributed by atoms with E-state index in [-0.39, 0.29) is 24.0 Å². The predicted octanol–water partition coefficient (Wildman–Crippen LogP) is 6.95. The zero-order valence-electron chi connectivity index (χ0n) is 19.1. The molecule has 0 fully saturated rings. The second-order valence-electron chi connectivity index (χ2n) is 8.44. The number of amides is 1. The van der Waals surface area contributed by atoms with E-state index in [9.17, 15) is 18.0 Å². The Morgan fingerprint density at radius 1 is 1.00 bits per heavy atom. The second-order valence-corrected chi connectivity index (χ2v) is 8.85. The van der Waals surface area contributed by atoms with Crippen LogP contribution in [0.15, 0.2) is 90.1 Å². The van der Waals surface area contributed by atoms with Gasteiger partial charge in [0, 0.05) is 23.4 Å². The number of halogens is 4. The fraction of sp³-hybridized carbons (Fsp3) is 0.148. The Hall–Kier alpha value is -3.91. The molecule has 9 heteroatoms. The third kappa shape index (κ3) is 4.40. The van der Waals surface area contributed by atoms with Crippen molar-refractivity contribution >= 4 is 34.6 Å². The van der Waals surface area contributed by atoms with Gasteiger partial charge in [0.05, 0.1) is 28.5 Å². The smallest absolute Gasteiger partial charge is 0.305 e. The number of aliphatic imine (C=N–C) groups is 1. The van der Waals surface area contributed by atoms with Crippen LogP contribution in [0, 0.1) is 0 Å². The minimum atomic E-state index is -4.58. The number of hydrogen-bond acceptors (Lipinski definition) is 3. The molecule has 1 aromatic heterocycles. The van der Waals surface area contributed by atoms with Crippen molar-refractivity contribution in [3.8, 4) is 0 Å². The van der Waals surface area contributed by atoms with E-state index in [1.54, 1.807) is 10.9 Å². The van der Waals surface area contributed by atoms with Crippen molar-refractivity contribution < 1.29 is 18.0 Å². The monoisotopic (exact) mass is 508 g/mol. The van der Waals surface area contributed by atoms with Crippen LogP contribution in [0.25, 0.3) is 0 Å². The average molecular weight is 509 g/mol. The molecule has 2 heterocycles. The zero-order valence-corrected chi connectivity index (χ0v) is 19.8. The Kier molecular flexibility index (Phi) is 6.14. The van der Waals surface area contributed by atoms with E-state index in [4.69, 9.17) is 16.6 Å². The minimum absolute atomic E-state index is 0.225. The van der Waals surface area contributed by atoms with Crippen molar-refractivity contribution in [3.63, 3.8) is 0 Å². The van der Waals surface area contributed by atoms with Crippen LogP contribution in [0.4, 0.5) is 24.5 Å². The molecule has 0 N–H and O–H groups in total. The third-order valence-electron chi connectivity index (χ3n) is 5.98. The van der Waals surface area contributed by atoms with Crippen LogP contribution in [-0.2, 0) is 6.18 Å². The molecule has 0 spiro atoms. The lowest BCUT2D eigenvalue weighted by molar-refractivity contribution is -0.137. The molecule has 182 valence electrons. The molecule has 0 unspecified atom stereocenters. The molecule has 0 saturated heterocycles. The van der Waals surface area contributed by atoms with E-state index in [1.807, 2.05) is 67.6 Å². The summed E-state index contributed by atoms with van der Waals surface area (Å²) in [5.41, 5.74) is 2.36. The highest BCUT2D eigenvalue weighted by molar-refractivity contribution is 6.31. The Morgan fingerprint density at radius 3 is 2.17 bits per heavy atom. The van der Waals surface area contributed by atoms with Gasteiger partial charge in [-0.2, -0.15) is 18.3 Å². The minimum Gasteiger partial charge on any atom is -0.305 e. The molecule has 1 amide bonds. The maximum Gasteiger partial charge on any atom is 0.417 e. The number of fused-ring (bicyclic) bond motifs is 1. The summed E-state index contributed by atoms with van der Waals surface area (Å²) in [4.78, 5) is 19.9. The first-order chi connectivity index (χ1) is 17.2. The Balaban J connectivity index is 1.59. The normalized spacial score (nSPS) is 15.5. The Labute approximate surface area is 210 Å². The maximum absolute atomic E-state index is 13.6. The summed E-state index contributed by atoms with van der Waals surface area (Å²) < 4.78 is 41.1. The number of nitrogens with zero attached hydrogens (tertiary/aromatic N) is 4. The lowest BCUT2D eigenvalue weighted by Crippen LogP contribution is -2.42. The van der Waals surface area contributed by atoms with E-state index < -0.39 is 22.7 Å². The molecular weight excluding hydrogens is 489 g/mol. The second kappa shape index (κ2) is 9.28. The van der Waals surface area contributed by atoms with Gasteiger partial charge in [0.25, 0.3) is 5.91 Å². The number of carbonyl (C=O) groups excluding carboxylic acids is 1. The van der Waals surface area contributed by atoms with Gasteiger partial charge in [0.15, 0.2) is 5.69 Å². The first kappa shape index (κ1) is 23.8. The first-order valence-corrected chi connectivity index (χ1v) is 11.6. The number of hydrogen-bond donors (Lipinski definition) is 0. The number of alkyl halides is 3. The molecule has 5 nitrogen and oxygen atoms in total. The van der Waals surface area contributed by atoms with E-state index in [1.165, 1.54) is 17.0 Å². The third-order valence-corrected chi connectivity index (χ3v) is 6.30. The van der Waals surface area contributed by atoms with Crippen LogP contribution in [0.2, 0.25) is 5.02 Å². The number of benzene rings is 3. The van der Waals surface area contributed by atoms with E-state index >= 15 is 0 Å². The van der Waals surface area contributed by atoms with Gasteiger partial charge in [0.1, 0.15) is 5.69 Å². The van der Waals surface area contributed by atoms with Crippen LogP contribution in [0.5, 0.6) is 0 Å². The Bertz CT molecular complexity index is 1410. The van der Waals surface area contributed by atoms with Crippen molar-refractivity contribution in [1.82, 2.24) is 9.78 Å². The molecule has 0 aliphatic carbocycles. The summed E-state index contributed by atoms with van der Waals surface area (Å²) in [7, 11) is 0. The molecule has 3 aromatic carbocycles. The molecule has 1 atom stereocenters. The number of aromatic nitrogens is 2. The molecular formula is C27H20ClF3N4O. The van der Waals surface area contributed by atoms with E-state index in [0.717, 1.165) is 17.2 Å². The molecule has 1 aliphatic heterocycles. The SMILES string of the molecule is C[C@H]1CN(c2ccc(C(F)(F)F)c(Cl)c2)C(=O)c2c(N=C(c3ccccc3)c3ccccc3)cnn21. The number of carbonyl (C=O) groups is 1. The van der Waals surface area contributed by atoms with Crippen molar-refractivity contribution in [2.75, 3.05) is 11.4 Å². The topological polar surface area (TPSA) is 50.5 Å². The van der Waals surface area contributed by atoms with Crippen LogP contribution in [-0.4, -0.2) is 27.9 Å². The fourth-order valence-corrected chi connectivity index (χ4v) is 4.54. The quantitative estimate of drug-likeness (QED) is 0.280. The van der Waals surface area contributed by atoms with Crippen molar-refractivity contribution in [1.29, 1.82) is 0 Å². The van der Waals surface area contributed by atoms with Crippen LogP contribution < -0.4 is 4.90 Å². The van der Waals surface area contributed by atoms with Gasteiger partial charge in [0.2, 0.25) is 0 Å². The molecule has 0 radical (unpaired) electrons. The van der Waals surface area contributed by atoms with Gasteiger partial charge in [-0.15, -0.1) is 0 Å². The number of rotatable bonds is 4. The summed E-state index contributed by atoms with van der Waals surface area (Å²) in [6.45, 7) is 2.10. The summed E-state index contributed by atoms with van der Waals surface area (Å²) in [5, 5.41) is 3.94. The largest absolute Gasteiger partial charge is 0.417 e. The van der Waals surface area contributed by atoms with Crippen molar-refractivity contribution in [3.05, 3.63) is 112 Å². The summed E-state index contributed by atoms with van der Waals surface area (Å²) in [6, 6.07) is 22.3. The highest BCUT2D eigenvalue weighted by Gasteiger charge is 2.36. The standard InChI is InChI=1S/C27H20ClF3N4O/c1-17-16-34(20-12-13-21(22(28)14-20)27(29,30)31)26(36)25-23(15-32-35(17)25)33-24(18-8-4-2-5-9-18)19-10-6-3-7-11-19/h2-15,17H,16H2,1H3/t17-/m0/s1. The van der Waals surface area contributed by atoms with Crippen molar-refractivity contribution in [2.24, 2.45) is 4.99 Å². The lowest BCUT2D eigenvalue weighted by Gasteiger charge is -2.32. The zero-order chi connectivity index (χ0) is 25.4. The molecule has 4 aromatic rings. The molecule has 1 aliphatic rings. The van der Waals surface area contributed by atoms with Crippen LogP contribution in [0.1, 0.15) is 40.1 Å². The summed E-state index contributed by atoms with van der Waals surface area (Å²) in [5.74, 6) is -0.416. The molecule has 0 saturated carbocycles. The Morgan fingerprint density at radius 2 is 1.61 bits per heavy atom. The van der Waals surface area contributed by atoms with E-state index in [0.29, 0.717) is 11.4 Å². The lowest BCUT2D eigenvalue weighted by atomic mass is 10.0. The van der Waals surface area contributed by atoms with Gasteiger partial charge in [-0.25, -0.2) is 4.99 Å². The van der Waals surface area contributed by atoms with Gasteiger partial charge < -0.3 is 4.90 Å². The summed E-state index contributed by atoms with van der Waals surface area (Å²) in [6.07, 6.45) is -3.04. The maximum atomic E-state index is 13.6. The average Bonchev–Trinajstić information content (AvgIpc) is 3.30. The van der Waals surface area contributed by atoms with Gasteiger partial charge in [-0.3, -0.25) is 9.48 Å². The number of anilines is 1. The van der Waals surface area contributed by atoms with Crippen LogP contribution >= 0.6 is 11.6 Å². The van der Waals surface area contributed by atoms with Gasteiger partial charge in [-0.1, -0.05) is 72.3 Å². The van der Waals surface area contributed by atoms with Crippen molar-refractivity contribution in [2.45, 2.75) is 19.1 Å². The molecule has 5 rings (SSSR count). The van der Waals surface area contributed by atoms with Gasteiger partial charge in [-0.05, 0) is 25.1 Å². The highest BCUT2D eigenvalue weighted by atomic mass is 35.5. The summed E-state index contributed by atoms with van der Waals surface area (Å²) >= 11 is 5.93.